The molecule has 2 aromatic heterocycles. The van der Waals surface area contributed by atoms with E-state index in [1.807, 2.05) is 18.2 Å². The number of fused-ring (bicyclic) bond motifs is 2. The van der Waals surface area contributed by atoms with Gasteiger partial charge in [-0.15, -0.1) is 11.8 Å². The lowest BCUT2D eigenvalue weighted by Crippen LogP contribution is -2.37. The van der Waals surface area contributed by atoms with E-state index in [1.165, 1.54) is 11.8 Å². The fourth-order valence-electron chi connectivity index (χ4n) is 3.53. The second-order valence-corrected chi connectivity index (χ2v) is 7.81. The largest absolute Gasteiger partial charge is 0.378 e. The number of aromatic nitrogens is 4. The normalized spacial score (nSPS) is 19.4. The van der Waals surface area contributed by atoms with Crippen molar-refractivity contribution < 1.29 is 9.53 Å². The number of carbonyl (C=O) groups excluding carboxylic acids is 1. The van der Waals surface area contributed by atoms with Crippen molar-refractivity contribution in [2.75, 3.05) is 31.2 Å². The van der Waals surface area contributed by atoms with Crippen LogP contribution in [-0.4, -0.2) is 57.6 Å². The van der Waals surface area contributed by atoms with Crippen molar-refractivity contribution in [1.82, 2.24) is 20.2 Å². The van der Waals surface area contributed by atoms with Crippen LogP contribution in [0.4, 0.5) is 5.82 Å². The van der Waals surface area contributed by atoms with Gasteiger partial charge in [0.15, 0.2) is 5.82 Å². The first-order valence-electron chi connectivity index (χ1n) is 8.83. The van der Waals surface area contributed by atoms with Gasteiger partial charge in [0.25, 0.3) is 0 Å². The van der Waals surface area contributed by atoms with Crippen molar-refractivity contribution in [1.29, 1.82) is 0 Å². The molecule has 3 N–H and O–H groups in total. The minimum atomic E-state index is -0.315. The third-order valence-electron chi connectivity index (χ3n) is 4.91. The number of amides is 1. The number of hydrogen-bond acceptors (Lipinski definition) is 7. The SMILES string of the molecule is NC(=O)C1Cc2nc(-c3cccc4[nH]ncc34)nc(N3CCOCC3)c2S1. The molecular weight excluding hydrogens is 364 g/mol. The second kappa shape index (κ2) is 6.50. The number of nitrogens with zero attached hydrogens (tertiary/aromatic N) is 4. The average Bonchev–Trinajstić information content (AvgIpc) is 3.34. The van der Waals surface area contributed by atoms with Gasteiger partial charge in [-0.25, -0.2) is 9.97 Å². The van der Waals surface area contributed by atoms with Crippen LogP contribution in [0, 0.1) is 0 Å². The van der Waals surface area contributed by atoms with Gasteiger partial charge >= 0.3 is 0 Å². The molecule has 0 bridgehead atoms. The van der Waals surface area contributed by atoms with Crippen LogP contribution in [0.1, 0.15) is 5.69 Å². The summed E-state index contributed by atoms with van der Waals surface area (Å²) in [6, 6.07) is 5.93. The van der Waals surface area contributed by atoms with Crippen molar-refractivity contribution in [3.8, 4) is 11.4 Å². The summed E-state index contributed by atoms with van der Waals surface area (Å²) in [4.78, 5) is 24.6. The van der Waals surface area contributed by atoms with Gasteiger partial charge < -0.3 is 15.4 Å². The maximum atomic E-state index is 11.8. The predicted molar refractivity (Wildman–Crippen MR) is 103 cm³/mol. The van der Waals surface area contributed by atoms with Crippen LogP contribution in [0.5, 0.6) is 0 Å². The number of benzene rings is 1. The van der Waals surface area contributed by atoms with E-state index in [0.717, 1.165) is 46.0 Å². The zero-order valence-electron chi connectivity index (χ0n) is 14.5. The number of morpholine rings is 1. The molecule has 1 fully saturated rings. The van der Waals surface area contributed by atoms with E-state index in [4.69, 9.17) is 20.4 Å². The summed E-state index contributed by atoms with van der Waals surface area (Å²) in [5.74, 6) is 1.20. The molecule has 0 saturated carbocycles. The summed E-state index contributed by atoms with van der Waals surface area (Å²) in [5, 5.41) is 7.80. The second-order valence-electron chi connectivity index (χ2n) is 6.60. The van der Waals surface area contributed by atoms with Crippen LogP contribution in [0.15, 0.2) is 29.3 Å². The number of thioether (sulfide) groups is 1. The van der Waals surface area contributed by atoms with Crippen LogP contribution in [-0.2, 0) is 16.0 Å². The first-order chi connectivity index (χ1) is 13.2. The summed E-state index contributed by atoms with van der Waals surface area (Å²) < 4.78 is 5.48. The van der Waals surface area contributed by atoms with E-state index in [2.05, 4.69) is 15.1 Å². The number of anilines is 1. The number of rotatable bonds is 3. The maximum Gasteiger partial charge on any atom is 0.231 e. The molecule has 1 saturated heterocycles. The van der Waals surface area contributed by atoms with E-state index >= 15 is 0 Å². The molecule has 1 aromatic carbocycles. The molecule has 138 valence electrons. The monoisotopic (exact) mass is 382 g/mol. The highest BCUT2D eigenvalue weighted by molar-refractivity contribution is 8.01. The molecule has 2 aliphatic rings. The van der Waals surface area contributed by atoms with E-state index < -0.39 is 0 Å². The van der Waals surface area contributed by atoms with Gasteiger partial charge in [-0.1, -0.05) is 12.1 Å². The standard InChI is InChI=1S/C18H18N6O2S/c19-16(25)14-8-13-15(27-14)18(24-4-6-26-7-5-24)22-17(21-13)10-2-1-3-12-11(10)9-20-23-12/h1-3,9,14H,4-8H2,(H2,19,25)(H,20,23). The number of primary amides is 1. The number of aromatic amines is 1. The van der Waals surface area contributed by atoms with Crippen molar-refractivity contribution in [2.24, 2.45) is 5.73 Å². The molecule has 0 aliphatic carbocycles. The van der Waals surface area contributed by atoms with Crippen LogP contribution in [0.3, 0.4) is 0 Å². The Balaban J connectivity index is 1.66. The summed E-state index contributed by atoms with van der Waals surface area (Å²) in [6.07, 6.45) is 2.32. The topological polar surface area (TPSA) is 110 Å². The van der Waals surface area contributed by atoms with Gasteiger partial charge in [-0.05, 0) is 6.07 Å². The molecule has 4 heterocycles. The molecule has 0 spiro atoms. The summed E-state index contributed by atoms with van der Waals surface area (Å²) in [5.41, 5.74) is 8.31. The fraction of sp³-hybridized carbons (Fsp3) is 0.333. The highest BCUT2D eigenvalue weighted by Gasteiger charge is 2.33. The Kier molecular flexibility index (Phi) is 3.98. The predicted octanol–water partition coefficient (Wildman–Crippen LogP) is 1.36. The molecule has 2 aliphatic heterocycles. The zero-order valence-corrected chi connectivity index (χ0v) is 15.3. The van der Waals surface area contributed by atoms with Crippen LogP contribution >= 0.6 is 11.8 Å². The minimum Gasteiger partial charge on any atom is -0.378 e. The van der Waals surface area contributed by atoms with Gasteiger partial charge in [0.2, 0.25) is 5.91 Å². The Labute approximate surface area is 159 Å². The van der Waals surface area contributed by atoms with E-state index in [0.29, 0.717) is 25.5 Å². The van der Waals surface area contributed by atoms with Crippen LogP contribution in [0.2, 0.25) is 0 Å². The zero-order chi connectivity index (χ0) is 18.4. The molecule has 9 heteroatoms. The molecule has 27 heavy (non-hydrogen) atoms. The molecular formula is C18H18N6O2S. The molecule has 1 unspecified atom stereocenters. The van der Waals surface area contributed by atoms with Gasteiger partial charge in [0, 0.05) is 30.5 Å². The van der Waals surface area contributed by atoms with E-state index in [9.17, 15) is 4.79 Å². The molecule has 1 atom stereocenters. The Bertz CT molecular complexity index is 1030. The molecule has 8 nitrogen and oxygen atoms in total. The first kappa shape index (κ1) is 16.5. The number of hydrogen-bond donors (Lipinski definition) is 2. The third-order valence-corrected chi connectivity index (χ3v) is 6.25. The van der Waals surface area contributed by atoms with Crippen molar-refractivity contribution in [3.63, 3.8) is 0 Å². The van der Waals surface area contributed by atoms with Crippen LogP contribution < -0.4 is 10.6 Å². The number of carbonyl (C=O) groups is 1. The Morgan fingerprint density at radius 1 is 1.30 bits per heavy atom. The first-order valence-corrected chi connectivity index (χ1v) is 9.71. The minimum absolute atomic E-state index is 0.297. The number of H-pyrrole nitrogens is 1. The van der Waals surface area contributed by atoms with Gasteiger partial charge in [-0.2, -0.15) is 5.10 Å². The third kappa shape index (κ3) is 2.83. The lowest BCUT2D eigenvalue weighted by atomic mass is 10.1. The Hall–Kier alpha value is -2.65. The number of nitrogens with one attached hydrogen (secondary N) is 1. The quantitative estimate of drug-likeness (QED) is 0.704. The summed E-state index contributed by atoms with van der Waals surface area (Å²) >= 11 is 1.47. The fourth-order valence-corrected chi connectivity index (χ4v) is 4.72. The van der Waals surface area contributed by atoms with E-state index in [-0.39, 0.29) is 11.2 Å². The molecule has 5 rings (SSSR count). The lowest BCUT2D eigenvalue weighted by molar-refractivity contribution is -0.117. The lowest BCUT2D eigenvalue weighted by Gasteiger charge is -2.29. The summed E-state index contributed by atoms with van der Waals surface area (Å²) in [6.45, 7) is 2.85. The van der Waals surface area contributed by atoms with Gasteiger partial charge in [0.05, 0.1) is 40.8 Å². The average molecular weight is 382 g/mol. The summed E-state index contributed by atoms with van der Waals surface area (Å²) in [7, 11) is 0. The smallest absolute Gasteiger partial charge is 0.231 e. The molecule has 3 aromatic rings. The molecule has 0 radical (unpaired) electrons. The molecule has 1 amide bonds. The Morgan fingerprint density at radius 2 is 2.15 bits per heavy atom. The highest BCUT2D eigenvalue weighted by Crippen LogP contribution is 2.43. The Morgan fingerprint density at radius 3 is 2.96 bits per heavy atom. The van der Waals surface area contributed by atoms with E-state index in [1.54, 1.807) is 6.20 Å². The highest BCUT2D eigenvalue weighted by atomic mass is 32.2. The van der Waals surface area contributed by atoms with Crippen molar-refractivity contribution in [2.45, 2.75) is 16.6 Å². The van der Waals surface area contributed by atoms with Crippen molar-refractivity contribution in [3.05, 3.63) is 30.1 Å². The number of ether oxygens (including phenoxy) is 1. The van der Waals surface area contributed by atoms with Gasteiger partial charge in [-0.3, -0.25) is 9.89 Å². The van der Waals surface area contributed by atoms with Crippen molar-refractivity contribution >= 4 is 34.4 Å². The maximum absolute atomic E-state index is 11.8. The van der Waals surface area contributed by atoms with Gasteiger partial charge in [0.1, 0.15) is 5.82 Å². The van der Waals surface area contributed by atoms with Crippen LogP contribution in [0.25, 0.3) is 22.3 Å². The number of nitrogens with two attached hydrogens (primary N) is 1.